The van der Waals surface area contributed by atoms with Gasteiger partial charge in [0.1, 0.15) is 24.2 Å². The summed E-state index contributed by atoms with van der Waals surface area (Å²) in [7, 11) is 0. The molecule has 1 saturated carbocycles. The number of pyridine rings is 2. The molecule has 1 aliphatic heterocycles. The van der Waals surface area contributed by atoms with Gasteiger partial charge >= 0.3 is 6.03 Å². The van der Waals surface area contributed by atoms with Crippen LogP contribution in [0.25, 0.3) is 10.9 Å². The third-order valence-electron chi connectivity index (χ3n) is 7.71. The molecule has 0 unspecified atom stereocenters. The van der Waals surface area contributed by atoms with Gasteiger partial charge in [0.25, 0.3) is 5.91 Å². The van der Waals surface area contributed by atoms with Gasteiger partial charge in [0.05, 0.1) is 5.52 Å². The first-order valence-electron chi connectivity index (χ1n) is 13.6. The zero-order valence-electron chi connectivity index (χ0n) is 22.8. The third-order valence-corrected chi connectivity index (χ3v) is 7.71. The highest BCUT2D eigenvalue weighted by atomic mass is 16.2. The number of piperidine rings is 1. The number of hydrogen-bond acceptors (Lipinski definition) is 7. The Morgan fingerprint density at radius 3 is 2.57 bits per heavy atom. The lowest BCUT2D eigenvalue weighted by Gasteiger charge is -2.34. The predicted octanol–water partition coefficient (Wildman–Crippen LogP) is 2.90. The van der Waals surface area contributed by atoms with Crippen molar-refractivity contribution in [2.24, 2.45) is 11.7 Å². The number of carbonyl (C=O) groups is 4. The fraction of sp³-hybridized carbons (Fsp3) is 0.276. The van der Waals surface area contributed by atoms with Gasteiger partial charge in [-0.25, -0.2) is 14.8 Å². The minimum absolute atomic E-state index is 0.0330. The normalized spacial score (nSPS) is 19.1. The van der Waals surface area contributed by atoms with Crippen LogP contribution < -0.4 is 21.7 Å². The van der Waals surface area contributed by atoms with E-state index in [1.165, 1.54) is 4.68 Å². The molecule has 2 aliphatic rings. The van der Waals surface area contributed by atoms with E-state index in [0.29, 0.717) is 28.2 Å². The number of fused-ring (bicyclic) bond motifs is 3. The number of likely N-dealkylation sites (tertiary alicyclic amines) is 1. The number of carbonyl (C=O) groups excluding carboxylic acids is 4. The van der Waals surface area contributed by atoms with E-state index in [0.717, 1.165) is 25.0 Å². The summed E-state index contributed by atoms with van der Waals surface area (Å²) in [6, 6.07) is 14.2. The van der Waals surface area contributed by atoms with Crippen molar-refractivity contribution >= 4 is 52.0 Å². The summed E-state index contributed by atoms with van der Waals surface area (Å²) < 4.78 is 1.42. The van der Waals surface area contributed by atoms with Crippen LogP contribution in [0, 0.1) is 12.8 Å². The zero-order chi connectivity index (χ0) is 29.4. The highest BCUT2D eigenvalue weighted by molar-refractivity contribution is 6.07. The highest BCUT2D eigenvalue weighted by Crippen LogP contribution is 2.43. The molecule has 1 aromatic carbocycles. The number of rotatable bonds is 7. The molecule has 5 N–H and O–H groups in total. The van der Waals surface area contributed by atoms with Crippen LogP contribution in [0.2, 0.25) is 0 Å². The maximum absolute atomic E-state index is 13.7. The molecule has 4 heterocycles. The third kappa shape index (κ3) is 5.23. The van der Waals surface area contributed by atoms with Crippen molar-refractivity contribution in [3.05, 3.63) is 72.2 Å². The maximum Gasteiger partial charge on any atom is 0.324 e. The molecular weight excluding hydrogens is 538 g/mol. The van der Waals surface area contributed by atoms with Crippen molar-refractivity contribution < 1.29 is 19.2 Å². The lowest BCUT2D eigenvalue weighted by atomic mass is 9.97. The number of hydrogen-bond donors (Lipinski definition) is 4. The molecule has 214 valence electrons. The summed E-state index contributed by atoms with van der Waals surface area (Å²) in [6.07, 6.45) is 4.01. The molecule has 1 aliphatic carbocycles. The highest BCUT2D eigenvalue weighted by Gasteiger charge is 2.51. The summed E-state index contributed by atoms with van der Waals surface area (Å²) >= 11 is 0. The van der Waals surface area contributed by atoms with E-state index in [9.17, 15) is 19.2 Å². The quantitative estimate of drug-likeness (QED) is 0.265. The topological polar surface area (TPSA) is 177 Å². The molecule has 6 rings (SSSR count). The van der Waals surface area contributed by atoms with Crippen LogP contribution >= 0.6 is 0 Å². The fourth-order valence-corrected chi connectivity index (χ4v) is 5.98. The molecular formula is C29H29N9O4. The maximum atomic E-state index is 13.7. The molecule has 13 nitrogen and oxygen atoms in total. The Hall–Kier alpha value is -5.33. The van der Waals surface area contributed by atoms with E-state index in [2.05, 4.69) is 31.0 Å². The first-order chi connectivity index (χ1) is 20.3. The second-order valence-electron chi connectivity index (χ2n) is 10.5. The van der Waals surface area contributed by atoms with Gasteiger partial charge in [-0.3, -0.25) is 24.4 Å². The summed E-state index contributed by atoms with van der Waals surface area (Å²) in [5.74, 6) is -0.446. The van der Waals surface area contributed by atoms with E-state index < -0.39 is 18.0 Å². The van der Waals surface area contributed by atoms with Crippen molar-refractivity contribution in [2.45, 2.75) is 44.8 Å². The Morgan fingerprint density at radius 1 is 0.976 bits per heavy atom. The Kier molecular flexibility index (Phi) is 6.98. The van der Waals surface area contributed by atoms with Crippen molar-refractivity contribution in [3.63, 3.8) is 0 Å². The van der Waals surface area contributed by atoms with Gasteiger partial charge in [-0.15, -0.1) is 0 Å². The standard InChI is InChI=1S/C29H29N9O4/c1-16-5-4-7-23(32-16)34-28(41)26-17-8-10-19(13-17)38(26)24(39)15-37-21-11-9-18(14-20(21)25(36-37)27(30)40)33-29(42)35-22-6-2-3-12-31-22/h2-7,9,11-12,14,17,19,26H,8,10,13,15H2,1H3,(H2,30,40)(H,32,34,41)(H2,31,33,35,42)/t17-,19+,26-/m0/s1. The molecule has 3 atom stereocenters. The molecule has 3 aromatic heterocycles. The molecule has 13 heteroatoms. The van der Waals surface area contributed by atoms with Crippen LogP contribution in [0.4, 0.5) is 22.1 Å². The fourth-order valence-electron chi connectivity index (χ4n) is 5.98. The lowest BCUT2D eigenvalue weighted by molar-refractivity contribution is -0.141. The minimum atomic E-state index is -0.774. The average Bonchev–Trinajstić information content (AvgIpc) is 3.67. The second kappa shape index (κ2) is 10.9. The summed E-state index contributed by atoms with van der Waals surface area (Å²) in [5.41, 5.74) is 7.24. The number of aryl methyl sites for hydroxylation is 1. The van der Waals surface area contributed by atoms with E-state index in [-0.39, 0.29) is 36.0 Å². The number of urea groups is 1. The van der Waals surface area contributed by atoms with Crippen LogP contribution in [0.1, 0.15) is 35.4 Å². The van der Waals surface area contributed by atoms with Gasteiger partial charge in [-0.2, -0.15) is 5.10 Å². The first-order valence-corrected chi connectivity index (χ1v) is 13.6. The molecule has 4 aromatic rings. The molecule has 0 radical (unpaired) electrons. The molecule has 1 saturated heterocycles. The van der Waals surface area contributed by atoms with Crippen LogP contribution in [0.3, 0.4) is 0 Å². The number of nitrogens with zero attached hydrogens (tertiary/aromatic N) is 5. The Bertz CT molecular complexity index is 1700. The summed E-state index contributed by atoms with van der Waals surface area (Å²) in [4.78, 5) is 61.9. The van der Waals surface area contributed by atoms with Gasteiger partial charge < -0.3 is 21.3 Å². The SMILES string of the molecule is Cc1cccc(NC(=O)[C@@H]2[C@H]3CC[C@H](C3)N2C(=O)Cn2nc(C(N)=O)c3cc(NC(=O)Nc4ccccn4)ccc32)n1. The van der Waals surface area contributed by atoms with E-state index >= 15 is 0 Å². The number of primary amides is 1. The number of benzene rings is 1. The molecule has 2 fully saturated rings. The number of nitrogens with two attached hydrogens (primary N) is 1. The molecule has 5 amide bonds. The summed E-state index contributed by atoms with van der Waals surface area (Å²) in [6.45, 7) is 1.65. The van der Waals surface area contributed by atoms with Crippen molar-refractivity contribution in [3.8, 4) is 0 Å². The Labute approximate surface area is 240 Å². The number of nitrogens with one attached hydrogen (secondary N) is 3. The van der Waals surface area contributed by atoms with E-state index in [1.54, 1.807) is 53.6 Å². The lowest BCUT2D eigenvalue weighted by Crippen LogP contribution is -2.52. The van der Waals surface area contributed by atoms with Crippen LogP contribution in [-0.2, 0) is 16.1 Å². The smallest absolute Gasteiger partial charge is 0.324 e. The van der Waals surface area contributed by atoms with Gasteiger partial charge in [0, 0.05) is 29.0 Å². The number of amides is 5. The van der Waals surface area contributed by atoms with Gasteiger partial charge in [-0.05, 0) is 74.6 Å². The van der Waals surface area contributed by atoms with E-state index in [1.807, 2.05) is 19.1 Å². The molecule has 0 spiro atoms. The van der Waals surface area contributed by atoms with Crippen LogP contribution in [0.5, 0.6) is 0 Å². The van der Waals surface area contributed by atoms with Gasteiger partial charge in [-0.1, -0.05) is 12.1 Å². The van der Waals surface area contributed by atoms with Crippen LogP contribution in [-0.4, -0.2) is 60.5 Å². The zero-order valence-corrected chi connectivity index (χ0v) is 22.8. The van der Waals surface area contributed by atoms with Gasteiger partial charge in [0.15, 0.2) is 5.69 Å². The largest absolute Gasteiger partial charge is 0.364 e. The monoisotopic (exact) mass is 567 g/mol. The number of aromatic nitrogens is 4. The van der Waals surface area contributed by atoms with Crippen molar-refractivity contribution in [2.75, 3.05) is 16.0 Å². The molecule has 2 bridgehead atoms. The molecule has 42 heavy (non-hydrogen) atoms. The Morgan fingerprint density at radius 2 is 1.81 bits per heavy atom. The van der Waals surface area contributed by atoms with Gasteiger partial charge in [0.2, 0.25) is 11.8 Å². The van der Waals surface area contributed by atoms with E-state index in [4.69, 9.17) is 5.73 Å². The minimum Gasteiger partial charge on any atom is -0.364 e. The van der Waals surface area contributed by atoms with Crippen LogP contribution in [0.15, 0.2) is 60.8 Å². The van der Waals surface area contributed by atoms with Crippen molar-refractivity contribution in [1.29, 1.82) is 0 Å². The van der Waals surface area contributed by atoms with Crippen molar-refractivity contribution in [1.82, 2.24) is 24.6 Å². The predicted molar refractivity (Wildman–Crippen MR) is 154 cm³/mol. The first kappa shape index (κ1) is 26.9. The average molecular weight is 568 g/mol. The summed E-state index contributed by atoms with van der Waals surface area (Å²) in [5, 5.41) is 12.9. The number of anilines is 3. The Balaban J connectivity index is 1.22. The second-order valence-corrected chi connectivity index (χ2v) is 10.5.